The fourth-order valence-corrected chi connectivity index (χ4v) is 1.89. The molecule has 1 amide bonds. The molecule has 0 aliphatic carbocycles. The van der Waals surface area contributed by atoms with Crippen LogP contribution in [0.15, 0.2) is 24.4 Å². The molecular formula is C13H14N4O3S. The maximum Gasteiger partial charge on any atom is 0.256 e. The molecule has 0 spiro atoms. The first-order valence-electron chi connectivity index (χ1n) is 5.93. The molecule has 1 aromatic carbocycles. The molecular weight excluding hydrogens is 292 g/mol. The van der Waals surface area contributed by atoms with Crippen molar-refractivity contribution in [2.75, 3.05) is 19.5 Å². The minimum Gasteiger partial charge on any atom is -0.493 e. The van der Waals surface area contributed by atoms with E-state index in [4.69, 9.17) is 27.4 Å². The lowest BCUT2D eigenvalue weighted by atomic mass is 10.2. The first-order valence-corrected chi connectivity index (χ1v) is 6.34. The van der Waals surface area contributed by atoms with Crippen molar-refractivity contribution in [1.29, 1.82) is 0 Å². The molecule has 0 saturated carbocycles. The van der Waals surface area contributed by atoms with Gasteiger partial charge in [0, 0.05) is 5.56 Å². The lowest BCUT2D eigenvalue weighted by molar-refractivity contribution is 0.102. The molecule has 2 aromatic rings. The zero-order valence-electron chi connectivity index (χ0n) is 11.5. The Balaban J connectivity index is 2.24. The van der Waals surface area contributed by atoms with Crippen molar-refractivity contribution in [3.63, 3.8) is 0 Å². The van der Waals surface area contributed by atoms with Crippen LogP contribution < -0.4 is 20.5 Å². The highest BCUT2D eigenvalue weighted by Crippen LogP contribution is 2.27. The Bertz CT molecular complexity index is 684. The van der Waals surface area contributed by atoms with Gasteiger partial charge in [-0.3, -0.25) is 9.89 Å². The highest BCUT2D eigenvalue weighted by Gasteiger charge is 2.14. The maximum atomic E-state index is 12.2. The molecule has 8 heteroatoms. The third-order valence-electron chi connectivity index (χ3n) is 2.79. The molecule has 0 saturated heterocycles. The number of ether oxygens (including phenoxy) is 2. The van der Waals surface area contributed by atoms with Crippen LogP contribution in [-0.4, -0.2) is 35.3 Å². The van der Waals surface area contributed by atoms with Gasteiger partial charge in [-0.15, -0.1) is 0 Å². The number of carbonyl (C=O) groups is 1. The van der Waals surface area contributed by atoms with E-state index in [1.165, 1.54) is 20.4 Å². The number of hydrogen-bond donors (Lipinski definition) is 3. The average Bonchev–Trinajstić information content (AvgIpc) is 2.94. The van der Waals surface area contributed by atoms with E-state index < -0.39 is 0 Å². The molecule has 4 N–H and O–H groups in total. The summed E-state index contributed by atoms with van der Waals surface area (Å²) in [4.78, 5) is 12.4. The van der Waals surface area contributed by atoms with Crippen LogP contribution in [0.4, 0.5) is 5.82 Å². The van der Waals surface area contributed by atoms with Gasteiger partial charge in [0.2, 0.25) is 0 Å². The highest BCUT2D eigenvalue weighted by molar-refractivity contribution is 7.80. The van der Waals surface area contributed by atoms with E-state index in [9.17, 15) is 4.79 Å². The van der Waals surface area contributed by atoms with Crippen molar-refractivity contribution in [3.8, 4) is 11.5 Å². The van der Waals surface area contributed by atoms with Crippen LogP contribution in [0.1, 0.15) is 15.9 Å². The summed E-state index contributed by atoms with van der Waals surface area (Å²) in [6.45, 7) is 0. The summed E-state index contributed by atoms with van der Waals surface area (Å²) in [7, 11) is 3.02. The molecule has 0 aliphatic heterocycles. The van der Waals surface area contributed by atoms with E-state index in [1.807, 2.05) is 0 Å². The van der Waals surface area contributed by atoms with Crippen LogP contribution in [0.5, 0.6) is 11.5 Å². The Morgan fingerprint density at radius 3 is 2.67 bits per heavy atom. The summed E-state index contributed by atoms with van der Waals surface area (Å²) in [5, 5.41) is 9.09. The molecule has 0 fully saturated rings. The second kappa shape index (κ2) is 6.23. The Kier molecular flexibility index (Phi) is 4.39. The second-order valence-corrected chi connectivity index (χ2v) is 4.49. The molecule has 0 unspecified atom stereocenters. The number of methoxy groups -OCH3 is 2. The minimum absolute atomic E-state index is 0.145. The van der Waals surface area contributed by atoms with E-state index in [-0.39, 0.29) is 10.9 Å². The lowest BCUT2D eigenvalue weighted by Gasteiger charge is -2.10. The molecule has 110 valence electrons. The van der Waals surface area contributed by atoms with E-state index >= 15 is 0 Å². The number of nitrogens with zero attached hydrogens (tertiary/aromatic N) is 1. The standard InChI is InChI=1S/C13H14N4O3S/c1-19-9-4-3-7(5-10(9)20-2)13(18)16-12-8(11(14)21)6-15-17-12/h3-6H,1-2H3,(H2,14,21)(H2,15,16,17,18). The number of aromatic amines is 1. The van der Waals surface area contributed by atoms with Gasteiger partial charge in [0.15, 0.2) is 11.5 Å². The molecule has 21 heavy (non-hydrogen) atoms. The first kappa shape index (κ1) is 14.8. The lowest BCUT2D eigenvalue weighted by Crippen LogP contribution is -2.17. The van der Waals surface area contributed by atoms with Crippen LogP contribution >= 0.6 is 12.2 Å². The fourth-order valence-electron chi connectivity index (χ4n) is 1.73. The van der Waals surface area contributed by atoms with Gasteiger partial charge in [0.05, 0.1) is 26.0 Å². The second-order valence-electron chi connectivity index (χ2n) is 4.05. The average molecular weight is 306 g/mol. The summed E-state index contributed by atoms with van der Waals surface area (Å²) >= 11 is 4.88. The summed E-state index contributed by atoms with van der Waals surface area (Å²) in [5.41, 5.74) is 6.41. The number of anilines is 1. The summed E-state index contributed by atoms with van der Waals surface area (Å²) in [5.74, 6) is 1.00. The van der Waals surface area contributed by atoms with Crippen molar-refractivity contribution in [3.05, 3.63) is 35.5 Å². The number of rotatable bonds is 5. The minimum atomic E-state index is -0.349. The van der Waals surface area contributed by atoms with Crippen LogP contribution in [-0.2, 0) is 0 Å². The van der Waals surface area contributed by atoms with Gasteiger partial charge >= 0.3 is 0 Å². The topological polar surface area (TPSA) is 102 Å². The number of carbonyl (C=O) groups excluding carboxylic acids is 1. The molecule has 1 aromatic heterocycles. The molecule has 0 aliphatic rings. The molecule has 0 bridgehead atoms. The monoisotopic (exact) mass is 306 g/mol. The number of nitrogens with two attached hydrogens (primary N) is 1. The van der Waals surface area contributed by atoms with Gasteiger partial charge in [-0.05, 0) is 18.2 Å². The quantitative estimate of drug-likeness (QED) is 0.720. The van der Waals surface area contributed by atoms with E-state index in [0.717, 1.165) is 0 Å². The van der Waals surface area contributed by atoms with Crippen molar-refractivity contribution in [2.24, 2.45) is 5.73 Å². The number of aromatic nitrogens is 2. The fraction of sp³-hybridized carbons (Fsp3) is 0.154. The van der Waals surface area contributed by atoms with Gasteiger partial charge < -0.3 is 20.5 Å². The SMILES string of the molecule is COc1ccc(C(=O)Nc2[nH]ncc2C(N)=S)cc1OC. The van der Waals surface area contributed by atoms with Gasteiger partial charge in [0.1, 0.15) is 10.8 Å². The van der Waals surface area contributed by atoms with E-state index in [1.54, 1.807) is 18.2 Å². The number of H-pyrrole nitrogens is 1. The molecule has 0 atom stereocenters. The Morgan fingerprint density at radius 1 is 1.33 bits per heavy atom. The number of hydrogen-bond acceptors (Lipinski definition) is 5. The van der Waals surface area contributed by atoms with Gasteiger partial charge in [0.25, 0.3) is 5.91 Å². The molecule has 7 nitrogen and oxygen atoms in total. The number of amides is 1. The largest absolute Gasteiger partial charge is 0.493 e. The maximum absolute atomic E-state index is 12.2. The van der Waals surface area contributed by atoms with Crippen molar-refractivity contribution < 1.29 is 14.3 Å². The van der Waals surface area contributed by atoms with Gasteiger partial charge in [-0.1, -0.05) is 12.2 Å². The van der Waals surface area contributed by atoms with E-state index in [0.29, 0.717) is 28.4 Å². The molecule has 2 rings (SSSR count). The van der Waals surface area contributed by atoms with E-state index in [2.05, 4.69) is 15.5 Å². The smallest absolute Gasteiger partial charge is 0.256 e. The third kappa shape index (κ3) is 3.11. The summed E-state index contributed by atoms with van der Waals surface area (Å²) in [6.07, 6.45) is 1.45. The first-order chi connectivity index (χ1) is 10.1. The summed E-state index contributed by atoms with van der Waals surface area (Å²) in [6, 6.07) is 4.84. The molecule has 0 radical (unpaired) electrons. The normalized spacial score (nSPS) is 10.0. The van der Waals surface area contributed by atoms with Crippen molar-refractivity contribution in [2.45, 2.75) is 0 Å². The molecule has 1 heterocycles. The Hall–Kier alpha value is -2.61. The predicted molar refractivity (Wildman–Crippen MR) is 82.0 cm³/mol. The number of thiocarbonyl (C=S) groups is 1. The predicted octanol–water partition coefficient (Wildman–Crippen LogP) is 1.31. The van der Waals surface area contributed by atoms with Crippen LogP contribution in [0.2, 0.25) is 0 Å². The van der Waals surface area contributed by atoms with Crippen LogP contribution in [0, 0.1) is 0 Å². The van der Waals surface area contributed by atoms with Gasteiger partial charge in [-0.2, -0.15) is 5.10 Å². The van der Waals surface area contributed by atoms with Gasteiger partial charge in [-0.25, -0.2) is 0 Å². The van der Waals surface area contributed by atoms with Crippen LogP contribution in [0.3, 0.4) is 0 Å². The zero-order chi connectivity index (χ0) is 15.4. The van der Waals surface area contributed by atoms with Crippen molar-refractivity contribution >= 4 is 28.9 Å². The Labute approximate surface area is 126 Å². The highest BCUT2D eigenvalue weighted by atomic mass is 32.1. The Morgan fingerprint density at radius 2 is 2.05 bits per heavy atom. The number of benzene rings is 1. The summed E-state index contributed by atoms with van der Waals surface area (Å²) < 4.78 is 10.3. The third-order valence-corrected chi connectivity index (χ3v) is 3.01. The van der Waals surface area contributed by atoms with Crippen LogP contribution in [0.25, 0.3) is 0 Å². The number of nitrogens with one attached hydrogen (secondary N) is 2. The zero-order valence-corrected chi connectivity index (χ0v) is 12.3. The van der Waals surface area contributed by atoms with Crippen molar-refractivity contribution in [1.82, 2.24) is 10.2 Å².